The molecule has 1 aromatic carbocycles. The largest absolute Gasteiger partial charge is 0.497 e. The predicted octanol–water partition coefficient (Wildman–Crippen LogP) is 1.43. The highest BCUT2D eigenvalue weighted by Gasteiger charge is 2.55. The fourth-order valence-corrected chi connectivity index (χ4v) is 2.01. The predicted molar refractivity (Wildman–Crippen MR) is 70.5 cm³/mol. The molecule has 1 unspecified atom stereocenters. The highest BCUT2D eigenvalue weighted by atomic mass is 16.6. The van der Waals surface area contributed by atoms with E-state index in [1.54, 1.807) is 31.2 Å². The molecule has 0 bridgehead atoms. The van der Waals surface area contributed by atoms with Crippen LogP contribution >= 0.6 is 0 Å². The Morgan fingerprint density at radius 2 is 2.00 bits per heavy atom. The van der Waals surface area contributed by atoms with E-state index < -0.39 is 17.5 Å². The van der Waals surface area contributed by atoms with Crippen LogP contribution in [0.25, 0.3) is 0 Å². The van der Waals surface area contributed by atoms with Crippen LogP contribution in [0.4, 0.5) is 0 Å². The van der Waals surface area contributed by atoms with Crippen LogP contribution in [-0.4, -0.2) is 31.6 Å². The van der Waals surface area contributed by atoms with Gasteiger partial charge in [0.15, 0.2) is 5.90 Å². The van der Waals surface area contributed by atoms with E-state index in [0.29, 0.717) is 11.3 Å². The molecule has 0 radical (unpaired) electrons. The first-order valence-corrected chi connectivity index (χ1v) is 6.15. The molecule has 1 aromatic rings. The standard InChI is InChI=1S/C14H15NO5/c1-4-19-12(16)14(13(17)20-9(2)15-14)10-5-7-11(18-3)8-6-10/h5-8H,4H2,1-3H3. The quantitative estimate of drug-likeness (QED) is 0.614. The van der Waals surface area contributed by atoms with Gasteiger partial charge in [0.2, 0.25) is 0 Å². The van der Waals surface area contributed by atoms with Crippen LogP contribution in [-0.2, 0) is 24.6 Å². The number of nitrogens with zero attached hydrogens (tertiary/aromatic N) is 1. The van der Waals surface area contributed by atoms with Crippen molar-refractivity contribution >= 4 is 17.8 Å². The summed E-state index contributed by atoms with van der Waals surface area (Å²) in [5.74, 6) is -0.746. The number of benzene rings is 1. The lowest BCUT2D eigenvalue weighted by Crippen LogP contribution is -2.41. The number of carbonyl (C=O) groups is 2. The average molecular weight is 277 g/mol. The molecule has 6 heteroatoms. The van der Waals surface area contributed by atoms with Crippen molar-refractivity contribution in [1.82, 2.24) is 0 Å². The minimum Gasteiger partial charge on any atom is -0.497 e. The van der Waals surface area contributed by atoms with Gasteiger partial charge in [-0.1, -0.05) is 12.1 Å². The van der Waals surface area contributed by atoms with Crippen molar-refractivity contribution in [3.63, 3.8) is 0 Å². The van der Waals surface area contributed by atoms with Crippen LogP contribution in [0.5, 0.6) is 5.75 Å². The minimum absolute atomic E-state index is 0.138. The van der Waals surface area contributed by atoms with E-state index in [2.05, 4.69) is 4.99 Å². The number of rotatable bonds is 4. The van der Waals surface area contributed by atoms with Crippen molar-refractivity contribution in [3.05, 3.63) is 29.8 Å². The minimum atomic E-state index is -1.77. The summed E-state index contributed by atoms with van der Waals surface area (Å²) < 4.78 is 15.0. The summed E-state index contributed by atoms with van der Waals surface area (Å²) in [4.78, 5) is 28.4. The van der Waals surface area contributed by atoms with Crippen molar-refractivity contribution < 1.29 is 23.8 Å². The lowest BCUT2D eigenvalue weighted by atomic mass is 9.91. The molecule has 1 atom stereocenters. The van der Waals surface area contributed by atoms with Crippen molar-refractivity contribution in [1.29, 1.82) is 0 Å². The van der Waals surface area contributed by atoms with Gasteiger partial charge in [-0.15, -0.1) is 0 Å². The molecule has 0 spiro atoms. The Bertz CT molecular complexity index is 563. The number of esters is 2. The lowest BCUT2D eigenvalue weighted by Gasteiger charge is -2.20. The summed E-state index contributed by atoms with van der Waals surface area (Å²) in [7, 11) is 1.53. The van der Waals surface area contributed by atoms with E-state index in [4.69, 9.17) is 14.2 Å². The third-order valence-electron chi connectivity index (χ3n) is 2.94. The molecule has 0 N–H and O–H groups in total. The van der Waals surface area contributed by atoms with Crippen LogP contribution < -0.4 is 4.74 Å². The molecular formula is C14H15NO5. The second-order valence-corrected chi connectivity index (χ2v) is 4.18. The highest BCUT2D eigenvalue weighted by molar-refractivity contribution is 6.13. The Morgan fingerprint density at radius 3 is 2.45 bits per heavy atom. The number of carbonyl (C=O) groups excluding carboxylic acids is 2. The van der Waals surface area contributed by atoms with Gasteiger partial charge in [0.05, 0.1) is 13.7 Å². The highest BCUT2D eigenvalue weighted by Crippen LogP contribution is 2.34. The molecule has 0 aromatic heterocycles. The second kappa shape index (κ2) is 5.32. The number of aliphatic imine (C=N–C) groups is 1. The fraction of sp³-hybridized carbons (Fsp3) is 0.357. The summed E-state index contributed by atoms with van der Waals surface area (Å²) >= 11 is 0. The van der Waals surface area contributed by atoms with Gasteiger partial charge in [-0.25, -0.2) is 14.6 Å². The number of cyclic esters (lactones) is 1. The SMILES string of the molecule is CCOC(=O)C1(c2ccc(OC)cc2)N=C(C)OC1=O. The number of hydrogen-bond donors (Lipinski definition) is 0. The summed E-state index contributed by atoms with van der Waals surface area (Å²) in [5, 5.41) is 0. The Balaban J connectivity index is 2.51. The summed E-state index contributed by atoms with van der Waals surface area (Å²) in [6.07, 6.45) is 0. The lowest BCUT2D eigenvalue weighted by molar-refractivity contribution is -0.158. The van der Waals surface area contributed by atoms with Crippen molar-refractivity contribution in [2.24, 2.45) is 4.99 Å². The van der Waals surface area contributed by atoms with Gasteiger partial charge in [0.1, 0.15) is 5.75 Å². The van der Waals surface area contributed by atoms with Gasteiger partial charge in [-0.05, 0) is 19.1 Å². The number of ether oxygens (including phenoxy) is 3. The maximum absolute atomic E-state index is 12.2. The van der Waals surface area contributed by atoms with Crippen molar-refractivity contribution in [2.45, 2.75) is 19.4 Å². The molecule has 2 rings (SSSR count). The molecule has 0 amide bonds. The zero-order chi connectivity index (χ0) is 14.8. The molecule has 0 fully saturated rings. The van der Waals surface area contributed by atoms with Crippen LogP contribution in [0, 0.1) is 0 Å². The molecule has 106 valence electrons. The van der Waals surface area contributed by atoms with E-state index in [9.17, 15) is 9.59 Å². The molecule has 20 heavy (non-hydrogen) atoms. The first kappa shape index (κ1) is 14.0. The monoisotopic (exact) mass is 277 g/mol. The zero-order valence-electron chi connectivity index (χ0n) is 11.5. The van der Waals surface area contributed by atoms with Gasteiger partial charge in [-0.3, -0.25) is 0 Å². The third-order valence-corrected chi connectivity index (χ3v) is 2.94. The van der Waals surface area contributed by atoms with Crippen LogP contribution in [0.1, 0.15) is 19.4 Å². The van der Waals surface area contributed by atoms with E-state index in [-0.39, 0.29) is 12.5 Å². The molecule has 0 saturated heterocycles. The summed E-state index contributed by atoms with van der Waals surface area (Å²) in [6.45, 7) is 3.33. The maximum Gasteiger partial charge on any atom is 0.357 e. The Labute approximate surface area is 116 Å². The Hall–Kier alpha value is -2.37. The second-order valence-electron chi connectivity index (χ2n) is 4.18. The number of methoxy groups -OCH3 is 1. The van der Waals surface area contributed by atoms with Crippen molar-refractivity contribution in [2.75, 3.05) is 13.7 Å². The van der Waals surface area contributed by atoms with E-state index in [0.717, 1.165) is 0 Å². The molecule has 1 heterocycles. The van der Waals surface area contributed by atoms with Crippen LogP contribution in [0.15, 0.2) is 29.3 Å². The van der Waals surface area contributed by atoms with E-state index in [1.165, 1.54) is 14.0 Å². The molecule has 0 aliphatic carbocycles. The van der Waals surface area contributed by atoms with E-state index in [1.807, 2.05) is 0 Å². The van der Waals surface area contributed by atoms with Gasteiger partial charge in [0, 0.05) is 12.5 Å². The third kappa shape index (κ3) is 2.13. The van der Waals surface area contributed by atoms with Crippen molar-refractivity contribution in [3.8, 4) is 5.75 Å². The van der Waals surface area contributed by atoms with Gasteiger partial charge in [-0.2, -0.15) is 0 Å². The van der Waals surface area contributed by atoms with Gasteiger partial charge < -0.3 is 14.2 Å². The smallest absolute Gasteiger partial charge is 0.357 e. The first-order valence-electron chi connectivity index (χ1n) is 6.15. The zero-order valence-corrected chi connectivity index (χ0v) is 11.5. The normalized spacial score (nSPS) is 21.1. The first-order chi connectivity index (χ1) is 9.54. The van der Waals surface area contributed by atoms with Crippen LogP contribution in [0.3, 0.4) is 0 Å². The maximum atomic E-state index is 12.2. The molecular weight excluding hydrogens is 262 g/mol. The Kier molecular flexibility index (Phi) is 3.74. The van der Waals surface area contributed by atoms with Crippen LogP contribution in [0.2, 0.25) is 0 Å². The number of hydrogen-bond acceptors (Lipinski definition) is 6. The topological polar surface area (TPSA) is 74.2 Å². The summed E-state index contributed by atoms with van der Waals surface area (Å²) in [6, 6.07) is 6.48. The van der Waals surface area contributed by atoms with Gasteiger partial charge >= 0.3 is 11.9 Å². The molecule has 0 saturated carbocycles. The average Bonchev–Trinajstić information content (AvgIpc) is 2.75. The Morgan fingerprint density at radius 1 is 1.35 bits per heavy atom. The molecule has 1 aliphatic heterocycles. The molecule has 1 aliphatic rings. The summed E-state index contributed by atoms with van der Waals surface area (Å²) in [5.41, 5.74) is -1.38. The van der Waals surface area contributed by atoms with Gasteiger partial charge in [0.25, 0.3) is 5.54 Å². The fourth-order valence-electron chi connectivity index (χ4n) is 2.01. The van der Waals surface area contributed by atoms with E-state index >= 15 is 0 Å². The molecule has 6 nitrogen and oxygen atoms in total.